The Kier molecular flexibility index (Phi) is 21.6. The van der Waals surface area contributed by atoms with Crippen molar-refractivity contribution in [2.75, 3.05) is 24.6 Å². The molecule has 0 saturated heterocycles. The number of nitrogens with two attached hydrogens (primary N) is 6. The number of amidine groups is 2. The van der Waals surface area contributed by atoms with Crippen LogP contribution < -0.4 is 34.4 Å². The molecule has 3 aromatic carbocycles. The first-order valence-electron chi connectivity index (χ1n) is 22.4. The molecule has 3 aromatic rings. The third kappa shape index (κ3) is 17.3. The van der Waals surface area contributed by atoms with E-state index in [2.05, 4.69) is 53.7 Å². The average Bonchev–Trinajstić information content (AvgIpc) is 3.22. The van der Waals surface area contributed by atoms with E-state index in [4.69, 9.17) is 45.2 Å². The first-order valence-corrected chi connectivity index (χ1v) is 24.4. The summed E-state index contributed by atoms with van der Waals surface area (Å²) in [5, 5.41) is 14.9. The quantitative estimate of drug-likeness (QED) is 0.0119. The lowest BCUT2D eigenvalue weighted by molar-refractivity contribution is -0.120. The van der Waals surface area contributed by atoms with Gasteiger partial charge in [0.15, 0.2) is 23.1 Å². The first kappa shape index (κ1) is 54.2. The van der Waals surface area contributed by atoms with Gasteiger partial charge in [0.1, 0.15) is 0 Å². The third-order valence-corrected chi connectivity index (χ3v) is 13.6. The number of unbranched alkanes of at least 4 members (excludes halogenated alkanes) is 2. The van der Waals surface area contributed by atoms with Crippen LogP contribution in [-0.4, -0.2) is 71.5 Å². The van der Waals surface area contributed by atoms with E-state index < -0.39 is 12.1 Å². The molecule has 0 bridgehead atoms. The Balaban J connectivity index is 1.98. The van der Waals surface area contributed by atoms with Crippen LogP contribution in [0.2, 0.25) is 0 Å². The highest BCUT2D eigenvalue weighted by Crippen LogP contribution is 2.36. The highest BCUT2D eigenvalue weighted by molar-refractivity contribution is 7.99. The molecule has 14 N–H and O–H groups in total. The largest absolute Gasteiger partial charge is 0.388 e. The lowest BCUT2D eigenvalue weighted by Gasteiger charge is -2.24. The van der Waals surface area contributed by atoms with Gasteiger partial charge in [-0.15, -0.1) is 23.5 Å². The zero-order valence-electron chi connectivity index (χ0n) is 39.0. The zero-order chi connectivity index (χ0) is 47.8. The molecular formula is C50H74N8O4S2. The topological polar surface area (TPSA) is 272 Å². The fourth-order valence-electron chi connectivity index (χ4n) is 7.33. The molecule has 0 heterocycles. The van der Waals surface area contributed by atoms with Gasteiger partial charge < -0.3 is 34.4 Å². The van der Waals surface area contributed by atoms with Crippen LogP contribution in [0.5, 0.6) is 0 Å². The van der Waals surface area contributed by atoms with Crippen molar-refractivity contribution in [2.45, 2.75) is 151 Å². The summed E-state index contributed by atoms with van der Waals surface area (Å²) in [5.74, 6) is 0.896. The van der Waals surface area contributed by atoms with E-state index in [1.54, 1.807) is 24.3 Å². The van der Waals surface area contributed by atoms with Crippen molar-refractivity contribution < 1.29 is 19.2 Å². The number of benzene rings is 3. The Morgan fingerprint density at radius 2 is 0.906 bits per heavy atom. The maximum atomic E-state index is 14.3. The van der Waals surface area contributed by atoms with E-state index in [0.29, 0.717) is 87.1 Å². The smallest absolute Gasteiger partial charge is 0.167 e. The molecule has 12 nitrogen and oxygen atoms in total. The van der Waals surface area contributed by atoms with Crippen molar-refractivity contribution in [1.82, 2.24) is 0 Å². The van der Waals surface area contributed by atoms with E-state index >= 15 is 0 Å². The van der Waals surface area contributed by atoms with Gasteiger partial charge in [0.25, 0.3) is 0 Å². The molecular weight excluding hydrogens is 841 g/mol. The minimum absolute atomic E-state index is 0.0521. The molecule has 0 aromatic heterocycles. The SMILES string of the molecule is CC(C)(C)c1cc(CC(=O)c2cccc(C(=O)Cc3cc(C(C)(C)C)cc(CC(=O)[C@@H](N)CCCCC(=N)N)c3SCCN)c2)c(SCCN)c(CC(=O)[C@@H](N)CCCCC(=N)N)c1. The second-order valence-corrected chi connectivity index (χ2v) is 21.1. The molecule has 64 heavy (non-hydrogen) atoms. The first-order chi connectivity index (χ1) is 30.0. The van der Waals surface area contributed by atoms with Crippen molar-refractivity contribution in [3.8, 4) is 0 Å². The number of carbonyl (C=O) groups is 4. The van der Waals surface area contributed by atoms with E-state index in [1.807, 2.05) is 12.1 Å². The van der Waals surface area contributed by atoms with Crippen LogP contribution in [0.1, 0.15) is 147 Å². The fraction of sp³-hybridized carbons (Fsp3) is 0.520. The van der Waals surface area contributed by atoms with Crippen LogP contribution in [0.25, 0.3) is 0 Å². The Morgan fingerprint density at radius 1 is 0.562 bits per heavy atom. The van der Waals surface area contributed by atoms with Gasteiger partial charge in [-0.2, -0.15) is 0 Å². The molecule has 2 atom stereocenters. The van der Waals surface area contributed by atoms with E-state index in [0.717, 1.165) is 43.2 Å². The summed E-state index contributed by atoms with van der Waals surface area (Å²) < 4.78 is 0. The summed E-state index contributed by atoms with van der Waals surface area (Å²) in [5.41, 5.74) is 41.1. The minimum Gasteiger partial charge on any atom is -0.388 e. The maximum absolute atomic E-state index is 14.3. The molecule has 0 unspecified atom stereocenters. The average molecular weight is 915 g/mol. The lowest BCUT2D eigenvalue weighted by atomic mass is 9.83. The molecule has 0 spiro atoms. The monoisotopic (exact) mass is 915 g/mol. The van der Waals surface area contributed by atoms with Gasteiger partial charge in [0.2, 0.25) is 0 Å². The molecule has 0 aliphatic heterocycles. The van der Waals surface area contributed by atoms with Crippen LogP contribution in [0.3, 0.4) is 0 Å². The molecule has 0 amide bonds. The van der Waals surface area contributed by atoms with Crippen LogP contribution in [0.4, 0.5) is 0 Å². The van der Waals surface area contributed by atoms with Gasteiger partial charge in [-0.05, 0) is 76.0 Å². The van der Waals surface area contributed by atoms with Crippen LogP contribution in [0, 0.1) is 10.8 Å². The van der Waals surface area contributed by atoms with Crippen molar-refractivity contribution >= 4 is 58.3 Å². The van der Waals surface area contributed by atoms with Crippen LogP contribution in [-0.2, 0) is 46.1 Å². The number of carbonyl (C=O) groups excluding carboxylic acids is 4. The molecule has 3 rings (SSSR count). The van der Waals surface area contributed by atoms with Gasteiger partial charge in [0.05, 0.1) is 23.8 Å². The second kappa shape index (κ2) is 25.5. The predicted octanol–water partition coefficient (Wildman–Crippen LogP) is 7.10. The Morgan fingerprint density at radius 3 is 1.22 bits per heavy atom. The summed E-state index contributed by atoms with van der Waals surface area (Å²) in [6.07, 6.45) is 5.01. The number of hydrogen-bond donors (Lipinski definition) is 8. The highest BCUT2D eigenvalue weighted by Gasteiger charge is 2.26. The van der Waals surface area contributed by atoms with Crippen molar-refractivity contribution in [3.05, 3.63) is 93.0 Å². The van der Waals surface area contributed by atoms with Crippen LogP contribution in [0.15, 0.2) is 58.3 Å². The molecule has 0 aliphatic carbocycles. The molecule has 0 saturated carbocycles. The number of thioether (sulfide) groups is 2. The van der Waals surface area contributed by atoms with Gasteiger partial charge in [-0.3, -0.25) is 30.0 Å². The van der Waals surface area contributed by atoms with Crippen molar-refractivity contribution in [1.29, 1.82) is 10.8 Å². The molecule has 14 heteroatoms. The molecule has 0 radical (unpaired) electrons. The Bertz CT molecular complexity index is 1980. The molecule has 0 aliphatic rings. The summed E-state index contributed by atoms with van der Waals surface area (Å²) in [7, 11) is 0. The summed E-state index contributed by atoms with van der Waals surface area (Å²) in [6.45, 7) is 13.4. The van der Waals surface area contributed by atoms with E-state index in [9.17, 15) is 19.2 Å². The summed E-state index contributed by atoms with van der Waals surface area (Å²) in [6, 6.07) is 13.7. The Hall–Kier alpha value is -4.18. The molecule has 0 fully saturated rings. The minimum atomic E-state index is -0.665. The number of nitrogens with one attached hydrogen (secondary N) is 2. The molecule has 350 valence electrons. The fourth-order valence-corrected chi connectivity index (χ4v) is 9.24. The highest BCUT2D eigenvalue weighted by atomic mass is 32.2. The number of hydrogen-bond acceptors (Lipinski definition) is 12. The van der Waals surface area contributed by atoms with Gasteiger partial charge in [-0.25, -0.2) is 0 Å². The third-order valence-electron chi connectivity index (χ3n) is 11.1. The number of Topliss-reactive ketones (excluding diaryl/α,β-unsaturated/α-hetero) is 4. The van der Waals surface area contributed by atoms with E-state index in [-0.39, 0.29) is 71.3 Å². The maximum Gasteiger partial charge on any atom is 0.167 e. The predicted molar refractivity (Wildman–Crippen MR) is 266 cm³/mol. The second-order valence-electron chi connectivity index (χ2n) is 18.8. The van der Waals surface area contributed by atoms with Crippen molar-refractivity contribution in [3.63, 3.8) is 0 Å². The lowest BCUT2D eigenvalue weighted by Crippen LogP contribution is -2.32. The normalized spacial score (nSPS) is 12.8. The van der Waals surface area contributed by atoms with Gasteiger partial charge >= 0.3 is 0 Å². The van der Waals surface area contributed by atoms with Gasteiger partial charge in [0, 0.05) is 84.0 Å². The summed E-state index contributed by atoms with van der Waals surface area (Å²) >= 11 is 3.06. The summed E-state index contributed by atoms with van der Waals surface area (Å²) in [4.78, 5) is 57.4. The van der Waals surface area contributed by atoms with Crippen molar-refractivity contribution in [2.24, 2.45) is 34.4 Å². The zero-order valence-corrected chi connectivity index (χ0v) is 40.6. The standard InChI is InChI=1S/C50H74N8O4S2/c1-49(2,3)37-23-33(47(63-20-18-51)35(25-37)29-43(61)39(53)14-7-9-16-45(55)56)27-41(59)31-12-11-13-32(22-31)42(60)28-34-24-38(50(4,5)6)26-36(48(34)64-21-19-52)30-44(62)40(54)15-8-10-17-46(57)58/h11-13,22-26,39-40H,7-10,14-21,27-30,51-54H2,1-6H3,(H3,55,56)(H3,57,58)/t39-,40-/m0/s1. The number of rotatable bonds is 28. The Labute approximate surface area is 390 Å². The van der Waals surface area contributed by atoms with E-state index in [1.165, 1.54) is 23.5 Å². The van der Waals surface area contributed by atoms with Gasteiger partial charge in [-0.1, -0.05) is 96.8 Å². The van der Waals surface area contributed by atoms with Crippen LogP contribution >= 0.6 is 23.5 Å². The number of ketones is 4.